The number of rotatable bonds is 8. The lowest BCUT2D eigenvalue weighted by molar-refractivity contribution is -0.113. The predicted octanol–water partition coefficient (Wildman–Crippen LogP) is 4.31. The highest BCUT2D eigenvalue weighted by molar-refractivity contribution is 7.99. The molecule has 162 valence electrons. The lowest BCUT2D eigenvalue weighted by Gasteiger charge is -2.15. The first-order valence-corrected chi connectivity index (χ1v) is 10.9. The van der Waals surface area contributed by atoms with Crippen molar-refractivity contribution < 1.29 is 14.0 Å². The lowest BCUT2D eigenvalue weighted by Crippen LogP contribution is -2.28. The highest BCUT2D eigenvalue weighted by Crippen LogP contribution is 2.21. The Bertz CT molecular complexity index is 1060. The molecule has 2 amide bonds. The minimum atomic E-state index is -0.391. The topological polar surface area (TPSA) is 88.9 Å². The number of carbonyl (C=O) groups is 2. The molecule has 0 unspecified atom stereocenters. The average Bonchev–Trinajstić information content (AvgIpc) is 3.17. The number of anilines is 1. The Kier molecular flexibility index (Phi) is 7.64. The van der Waals surface area contributed by atoms with E-state index in [1.807, 2.05) is 18.4 Å². The Balaban J connectivity index is 1.61. The fraction of sp³-hybridized carbons (Fsp3) is 0.238. The Labute approximate surface area is 188 Å². The number of benzene rings is 2. The van der Waals surface area contributed by atoms with E-state index in [4.69, 9.17) is 11.6 Å². The minimum Gasteiger partial charge on any atom is -0.342 e. The Hall–Kier alpha value is -2.91. The van der Waals surface area contributed by atoms with Gasteiger partial charge in [-0.1, -0.05) is 23.4 Å². The first-order valence-electron chi connectivity index (χ1n) is 9.55. The quantitative estimate of drug-likeness (QED) is 0.488. The third-order valence-corrected chi connectivity index (χ3v) is 5.58. The number of nitrogens with zero attached hydrogens (tertiary/aromatic N) is 3. The van der Waals surface area contributed by atoms with Crippen LogP contribution >= 0.6 is 23.4 Å². The fourth-order valence-electron chi connectivity index (χ4n) is 2.83. The van der Waals surface area contributed by atoms with Crippen LogP contribution in [0.25, 0.3) is 0 Å². The maximum Gasteiger partial charge on any atom is 0.251 e. The maximum absolute atomic E-state index is 13.0. The van der Waals surface area contributed by atoms with Crippen LogP contribution in [0, 0.1) is 5.82 Å². The van der Waals surface area contributed by atoms with Crippen LogP contribution in [-0.2, 0) is 11.3 Å². The largest absolute Gasteiger partial charge is 0.342 e. The summed E-state index contributed by atoms with van der Waals surface area (Å²) < 4.78 is 14.8. The van der Waals surface area contributed by atoms with Gasteiger partial charge >= 0.3 is 0 Å². The molecule has 0 bridgehead atoms. The van der Waals surface area contributed by atoms with E-state index in [0.29, 0.717) is 33.8 Å². The molecule has 31 heavy (non-hydrogen) atoms. The van der Waals surface area contributed by atoms with Gasteiger partial charge in [-0.15, -0.1) is 10.2 Å². The normalized spacial score (nSPS) is 11.7. The smallest absolute Gasteiger partial charge is 0.251 e. The van der Waals surface area contributed by atoms with E-state index >= 15 is 0 Å². The van der Waals surface area contributed by atoms with Gasteiger partial charge in [0.25, 0.3) is 5.91 Å². The van der Waals surface area contributed by atoms with Crippen molar-refractivity contribution in [1.29, 1.82) is 0 Å². The molecule has 0 aliphatic carbocycles. The van der Waals surface area contributed by atoms with E-state index in [9.17, 15) is 14.0 Å². The van der Waals surface area contributed by atoms with Crippen molar-refractivity contribution in [3.05, 3.63) is 70.8 Å². The summed E-state index contributed by atoms with van der Waals surface area (Å²) in [5.74, 6) is -0.156. The molecule has 2 N–H and O–H groups in total. The number of amides is 2. The standard InChI is InChI=1S/C21H21ClFN5O2S/c1-3-28-19(13(2)24-20(30)14-4-6-15(22)7-5-14)26-27-21(28)31-12-18(29)25-17-10-8-16(23)9-11-17/h4-11,13H,3,12H2,1-2H3,(H,24,30)(H,25,29)/t13-/m0/s1. The number of thioether (sulfide) groups is 1. The highest BCUT2D eigenvalue weighted by Gasteiger charge is 2.20. The first kappa shape index (κ1) is 22.8. The van der Waals surface area contributed by atoms with Crippen LogP contribution in [-0.4, -0.2) is 32.3 Å². The first-order chi connectivity index (χ1) is 14.9. The Morgan fingerprint density at radius 1 is 1.13 bits per heavy atom. The lowest BCUT2D eigenvalue weighted by atomic mass is 10.2. The number of halogens is 2. The second-order valence-electron chi connectivity index (χ2n) is 6.63. The van der Waals surface area contributed by atoms with Crippen LogP contribution in [0.4, 0.5) is 10.1 Å². The van der Waals surface area contributed by atoms with Gasteiger partial charge in [-0.2, -0.15) is 0 Å². The van der Waals surface area contributed by atoms with Gasteiger partial charge in [-0.25, -0.2) is 4.39 Å². The number of carbonyl (C=O) groups excluding carboxylic acids is 2. The van der Waals surface area contributed by atoms with E-state index in [2.05, 4.69) is 20.8 Å². The van der Waals surface area contributed by atoms with Gasteiger partial charge in [0.05, 0.1) is 11.8 Å². The number of hydrogen-bond donors (Lipinski definition) is 2. The number of hydrogen-bond acceptors (Lipinski definition) is 5. The summed E-state index contributed by atoms with van der Waals surface area (Å²) in [7, 11) is 0. The molecule has 0 fully saturated rings. The van der Waals surface area contributed by atoms with E-state index in [-0.39, 0.29) is 23.4 Å². The second kappa shape index (κ2) is 10.4. The van der Waals surface area contributed by atoms with Crippen molar-refractivity contribution in [3.63, 3.8) is 0 Å². The highest BCUT2D eigenvalue weighted by atomic mass is 35.5. The van der Waals surface area contributed by atoms with Crippen LogP contribution in [0.5, 0.6) is 0 Å². The molecule has 0 saturated heterocycles. The van der Waals surface area contributed by atoms with Crippen molar-refractivity contribution in [2.45, 2.75) is 31.6 Å². The zero-order chi connectivity index (χ0) is 22.4. The van der Waals surface area contributed by atoms with Crippen LogP contribution in [0.2, 0.25) is 5.02 Å². The van der Waals surface area contributed by atoms with Crippen molar-refractivity contribution >= 4 is 40.9 Å². The molecule has 0 spiro atoms. The van der Waals surface area contributed by atoms with Gasteiger partial charge in [0.2, 0.25) is 5.91 Å². The predicted molar refractivity (Wildman–Crippen MR) is 119 cm³/mol. The molecule has 0 aliphatic rings. The molecule has 1 heterocycles. The number of nitrogens with one attached hydrogen (secondary N) is 2. The minimum absolute atomic E-state index is 0.112. The van der Waals surface area contributed by atoms with Gasteiger partial charge in [-0.05, 0) is 62.4 Å². The molecule has 0 aliphatic heterocycles. The summed E-state index contributed by atoms with van der Waals surface area (Å²) in [4.78, 5) is 24.7. The molecule has 7 nitrogen and oxygen atoms in total. The molecule has 1 aromatic heterocycles. The van der Waals surface area contributed by atoms with E-state index in [0.717, 1.165) is 0 Å². The Morgan fingerprint density at radius 3 is 2.45 bits per heavy atom. The van der Waals surface area contributed by atoms with Crippen LogP contribution in [0.1, 0.15) is 36.1 Å². The molecule has 1 atom stereocenters. The Morgan fingerprint density at radius 2 is 1.81 bits per heavy atom. The maximum atomic E-state index is 13.0. The van der Waals surface area contributed by atoms with Gasteiger partial charge in [0.15, 0.2) is 11.0 Å². The summed E-state index contributed by atoms with van der Waals surface area (Å²) in [5, 5.41) is 15.1. The zero-order valence-electron chi connectivity index (χ0n) is 16.9. The van der Waals surface area contributed by atoms with Crippen LogP contribution in [0.3, 0.4) is 0 Å². The second-order valence-corrected chi connectivity index (χ2v) is 8.01. The van der Waals surface area contributed by atoms with Crippen LogP contribution < -0.4 is 10.6 Å². The third kappa shape index (κ3) is 6.05. The van der Waals surface area contributed by atoms with E-state index in [1.54, 1.807) is 24.3 Å². The van der Waals surface area contributed by atoms with Gasteiger partial charge in [0.1, 0.15) is 5.82 Å². The van der Waals surface area contributed by atoms with Gasteiger partial charge in [-0.3, -0.25) is 9.59 Å². The van der Waals surface area contributed by atoms with Crippen LogP contribution in [0.15, 0.2) is 53.7 Å². The summed E-state index contributed by atoms with van der Waals surface area (Å²) in [6.07, 6.45) is 0. The molecule has 3 rings (SSSR count). The monoisotopic (exact) mass is 461 g/mol. The summed E-state index contributed by atoms with van der Waals surface area (Å²) >= 11 is 7.10. The van der Waals surface area contributed by atoms with Crippen molar-refractivity contribution in [2.75, 3.05) is 11.1 Å². The molecular weight excluding hydrogens is 441 g/mol. The number of aromatic nitrogens is 3. The van der Waals surface area contributed by atoms with Gasteiger partial charge in [0, 0.05) is 22.8 Å². The molecule has 0 radical (unpaired) electrons. The molecule has 3 aromatic rings. The van der Waals surface area contributed by atoms with E-state index in [1.165, 1.54) is 36.0 Å². The fourth-order valence-corrected chi connectivity index (χ4v) is 3.77. The molecule has 2 aromatic carbocycles. The molecular formula is C21H21ClFN5O2S. The molecule has 10 heteroatoms. The summed E-state index contributed by atoms with van der Waals surface area (Å²) in [6.45, 7) is 4.33. The average molecular weight is 462 g/mol. The van der Waals surface area contributed by atoms with Gasteiger partial charge < -0.3 is 15.2 Å². The third-order valence-electron chi connectivity index (χ3n) is 4.36. The van der Waals surface area contributed by atoms with Crippen molar-refractivity contribution in [3.8, 4) is 0 Å². The summed E-state index contributed by atoms with van der Waals surface area (Å²) in [6, 6.07) is 11.8. The van der Waals surface area contributed by atoms with Crippen molar-refractivity contribution in [1.82, 2.24) is 20.1 Å². The van der Waals surface area contributed by atoms with Crippen molar-refractivity contribution in [2.24, 2.45) is 0 Å². The van der Waals surface area contributed by atoms with E-state index < -0.39 is 6.04 Å². The summed E-state index contributed by atoms with van der Waals surface area (Å²) in [5.41, 5.74) is 1.01. The zero-order valence-corrected chi connectivity index (χ0v) is 18.5. The molecule has 0 saturated carbocycles. The SMILES string of the molecule is CCn1c(SCC(=O)Nc2ccc(F)cc2)nnc1[C@H](C)NC(=O)c1ccc(Cl)cc1.